The molecule has 2 aromatic rings. The number of thioether (sulfide) groups is 1. The van der Waals surface area contributed by atoms with Crippen molar-refractivity contribution >= 4 is 28.6 Å². The molecule has 0 spiro atoms. The molecule has 0 fully saturated rings. The Labute approximate surface area is 117 Å². The molecule has 100 valence electrons. The highest BCUT2D eigenvalue weighted by Crippen LogP contribution is 2.22. The minimum absolute atomic E-state index is 0.150. The fourth-order valence-corrected chi connectivity index (χ4v) is 2.74. The molecule has 4 heteroatoms. The van der Waals surface area contributed by atoms with Crippen LogP contribution in [0.25, 0.3) is 10.9 Å². The summed E-state index contributed by atoms with van der Waals surface area (Å²) >= 11 is 1.76. The molecular formula is C15H17NO2S. The van der Waals surface area contributed by atoms with Crippen LogP contribution in [0.5, 0.6) is 0 Å². The number of ether oxygens (including phenoxy) is 1. The quantitative estimate of drug-likeness (QED) is 0.784. The van der Waals surface area contributed by atoms with Crippen LogP contribution in [-0.2, 0) is 15.3 Å². The summed E-state index contributed by atoms with van der Waals surface area (Å²) in [6, 6.07) is 10.3. The first-order valence-corrected chi connectivity index (χ1v) is 7.26. The van der Waals surface area contributed by atoms with Gasteiger partial charge >= 0.3 is 5.97 Å². The lowest BCUT2D eigenvalue weighted by molar-refractivity contribution is -0.140. The lowest BCUT2D eigenvalue weighted by Gasteiger charge is -2.10. The summed E-state index contributed by atoms with van der Waals surface area (Å²) in [7, 11) is 1.43. The number of rotatable bonds is 5. The van der Waals surface area contributed by atoms with E-state index in [1.165, 1.54) is 12.7 Å². The smallest absolute Gasteiger partial charge is 0.306 e. The van der Waals surface area contributed by atoms with E-state index in [4.69, 9.17) is 0 Å². The highest BCUT2D eigenvalue weighted by Gasteiger charge is 2.09. The minimum Gasteiger partial charge on any atom is -0.469 e. The monoisotopic (exact) mass is 275 g/mol. The van der Waals surface area contributed by atoms with Crippen molar-refractivity contribution in [2.45, 2.75) is 24.3 Å². The molecule has 0 N–H and O–H groups in total. The lowest BCUT2D eigenvalue weighted by atomic mass is 10.1. The van der Waals surface area contributed by atoms with E-state index in [-0.39, 0.29) is 11.2 Å². The maximum absolute atomic E-state index is 11.2. The number of esters is 1. The standard InChI is InChI=1S/C15H17NO2S/c1-11(8-15(17)18-2)19-10-12-5-6-14-13(9-12)4-3-7-16-14/h3-7,9,11H,8,10H2,1-2H3. The Morgan fingerprint density at radius 3 is 3.05 bits per heavy atom. The first-order chi connectivity index (χ1) is 9.19. The lowest BCUT2D eigenvalue weighted by Crippen LogP contribution is -2.08. The van der Waals surface area contributed by atoms with Gasteiger partial charge in [0.05, 0.1) is 19.0 Å². The average molecular weight is 275 g/mol. The summed E-state index contributed by atoms with van der Waals surface area (Å²) in [6.45, 7) is 2.05. The van der Waals surface area contributed by atoms with Gasteiger partial charge in [-0.15, -0.1) is 0 Å². The summed E-state index contributed by atoms with van der Waals surface area (Å²) in [5, 5.41) is 1.42. The van der Waals surface area contributed by atoms with Gasteiger partial charge in [-0.3, -0.25) is 9.78 Å². The van der Waals surface area contributed by atoms with Crippen molar-refractivity contribution in [2.24, 2.45) is 0 Å². The predicted molar refractivity (Wildman–Crippen MR) is 79.1 cm³/mol. The maximum atomic E-state index is 11.2. The highest BCUT2D eigenvalue weighted by atomic mass is 32.2. The molecule has 0 aliphatic carbocycles. The summed E-state index contributed by atoms with van der Waals surface area (Å²) in [5.41, 5.74) is 2.26. The number of benzene rings is 1. The van der Waals surface area contributed by atoms with E-state index in [1.807, 2.05) is 19.1 Å². The molecule has 0 aliphatic rings. The first kappa shape index (κ1) is 13.9. The molecule has 0 amide bonds. The molecule has 19 heavy (non-hydrogen) atoms. The van der Waals surface area contributed by atoms with Gasteiger partial charge in [0.15, 0.2) is 0 Å². The largest absolute Gasteiger partial charge is 0.469 e. The van der Waals surface area contributed by atoms with Gasteiger partial charge in [-0.05, 0) is 23.8 Å². The van der Waals surface area contributed by atoms with Gasteiger partial charge in [-0.2, -0.15) is 11.8 Å². The van der Waals surface area contributed by atoms with Crippen LogP contribution in [-0.4, -0.2) is 23.3 Å². The van der Waals surface area contributed by atoms with Crippen LogP contribution in [0.15, 0.2) is 36.5 Å². The van der Waals surface area contributed by atoms with Crippen LogP contribution in [0.3, 0.4) is 0 Å². The molecule has 1 unspecified atom stereocenters. The van der Waals surface area contributed by atoms with Crippen LogP contribution >= 0.6 is 11.8 Å². The normalized spacial score (nSPS) is 12.3. The fraction of sp³-hybridized carbons (Fsp3) is 0.333. The average Bonchev–Trinajstić information content (AvgIpc) is 2.44. The van der Waals surface area contributed by atoms with Crippen LogP contribution in [0.1, 0.15) is 18.9 Å². The first-order valence-electron chi connectivity index (χ1n) is 6.21. The second-order valence-corrected chi connectivity index (χ2v) is 5.86. The Balaban J connectivity index is 1.96. The van der Waals surface area contributed by atoms with E-state index in [0.717, 1.165) is 16.7 Å². The number of nitrogens with zero attached hydrogens (tertiary/aromatic N) is 1. The van der Waals surface area contributed by atoms with E-state index in [9.17, 15) is 4.79 Å². The summed E-state index contributed by atoms with van der Waals surface area (Å²) < 4.78 is 4.67. The Kier molecular flexibility index (Phi) is 4.80. The van der Waals surface area contributed by atoms with Crippen LogP contribution < -0.4 is 0 Å². The molecule has 0 bridgehead atoms. The number of hydrogen-bond donors (Lipinski definition) is 0. The van der Waals surface area contributed by atoms with Gasteiger partial charge in [-0.1, -0.05) is 19.1 Å². The van der Waals surface area contributed by atoms with Gasteiger partial charge in [0.2, 0.25) is 0 Å². The van der Waals surface area contributed by atoms with Gasteiger partial charge in [0.25, 0.3) is 0 Å². The molecule has 0 saturated carbocycles. The summed E-state index contributed by atoms with van der Waals surface area (Å²) in [6.07, 6.45) is 2.26. The molecule has 3 nitrogen and oxygen atoms in total. The van der Waals surface area contributed by atoms with Crippen molar-refractivity contribution in [3.63, 3.8) is 0 Å². The number of methoxy groups -OCH3 is 1. The van der Waals surface area contributed by atoms with Crippen molar-refractivity contribution in [1.82, 2.24) is 4.98 Å². The third-order valence-corrected chi connectivity index (χ3v) is 4.12. The zero-order valence-electron chi connectivity index (χ0n) is 11.1. The molecule has 1 aromatic carbocycles. The molecular weight excluding hydrogens is 258 g/mol. The third kappa shape index (κ3) is 3.96. The zero-order valence-corrected chi connectivity index (χ0v) is 11.9. The molecule has 0 aliphatic heterocycles. The van der Waals surface area contributed by atoms with Crippen LogP contribution in [0, 0.1) is 0 Å². The topological polar surface area (TPSA) is 39.2 Å². The molecule has 2 rings (SSSR count). The molecule has 0 saturated heterocycles. The number of carbonyl (C=O) groups excluding carboxylic acids is 1. The molecule has 1 atom stereocenters. The van der Waals surface area contributed by atoms with Crippen LogP contribution in [0.4, 0.5) is 0 Å². The van der Waals surface area contributed by atoms with E-state index >= 15 is 0 Å². The van der Waals surface area contributed by atoms with Gasteiger partial charge in [-0.25, -0.2) is 0 Å². The summed E-state index contributed by atoms with van der Waals surface area (Å²) in [4.78, 5) is 15.5. The Bertz CT molecular complexity index is 571. The minimum atomic E-state index is -0.150. The van der Waals surface area contributed by atoms with Gasteiger partial charge < -0.3 is 4.74 Å². The maximum Gasteiger partial charge on any atom is 0.306 e. The van der Waals surface area contributed by atoms with Crippen molar-refractivity contribution in [1.29, 1.82) is 0 Å². The van der Waals surface area contributed by atoms with Crippen molar-refractivity contribution in [3.05, 3.63) is 42.1 Å². The number of carbonyl (C=O) groups is 1. The van der Waals surface area contributed by atoms with Crippen LogP contribution in [0.2, 0.25) is 0 Å². The molecule has 1 aromatic heterocycles. The van der Waals surface area contributed by atoms with Crippen molar-refractivity contribution < 1.29 is 9.53 Å². The van der Waals surface area contributed by atoms with E-state index in [0.29, 0.717) is 6.42 Å². The Morgan fingerprint density at radius 1 is 1.42 bits per heavy atom. The summed E-state index contributed by atoms with van der Waals surface area (Å²) in [5.74, 6) is 0.742. The predicted octanol–water partition coefficient (Wildman–Crippen LogP) is 3.42. The zero-order chi connectivity index (χ0) is 13.7. The number of fused-ring (bicyclic) bond motifs is 1. The number of pyridine rings is 1. The second kappa shape index (κ2) is 6.57. The van der Waals surface area contributed by atoms with E-state index < -0.39 is 0 Å². The highest BCUT2D eigenvalue weighted by molar-refractivity contribution is 7.99. The van der Waals surface area contributed by atoms with Gasteiger partial charge in [0.1, 0.15) is 0 Å². The third-order valence-electron chi connectivity index (χ3n) is 2.88. The Morgan fingerprint density at radius 2 is 2.26 bits per heavy atom. The SMILES string of the molecule is COC(=O)CC(C)SCc1ccc2ncccc2c1. The van der Waals surface area contributed by atoms with Gasteiger partial charge in [0, 0.05) is 22.6 Å². The number of hydrogen-bond acceptors (Lipinski definition) is 4. The van der Waals surface area contributed by atoms with Crippen molar-refractivity contribution in [3.8, 4) is 0 Å². The van der Waals surface area contributed by atoms with Crippen molar-refractivity contribution in [2.75, 3.05) is 7.11 Å². The second-order valence-electron chi connectivity index (χ2n) is 4.43. The van der Waals surface area contributed by atoms with E-state index in [2.05, 4.69) is 27.9 Å². The van der Waals surface area contributed by atoms with E-state index in [1.54, 1.807) is 18.0 Å². The molecule has 0 radical (unpaired) electrons. The molecule has 1 heterocycles. The number of aromatic nitrogens is 1. The fourth-order valence-electron chi connectivity index (χ4n) is 1.83. The Hall–Kier alpha value is -1.55.